The topological polar surface area (TPSA) is 47.3 Å². The maximum absolute atomic E-state index is 10.3. The fourth-order valence-electron chi connectivity index (χ4n) is 3.40. The highest BCUT2D eigenvalue weighted by Crippen LogP contribution is 2.29. The minimum Gasteiger partial charge on any atom is -0.390 e. The molecule has 1 saturated carbocycles. The van der Waals surface area contributed by atoms with Crippen LogP contribution in [0.4, 0.5) is 0 Å². The van der Waals surface area contributed by atoms with Crippen molar-refractivity contribution in [3.05, 3.63) is 18.0 Å². The Bertz CT molecular complexity index is 412. The van der Waals surface area contributed by atoms with Crippen LogP contribution in [0.5, 0.6) is 0 Å². The highest BCUT2D eigenvalue weighted by Gasteiger charge is 2.31. The molecule has 2 fully saturated rings. The summed E-state index contributed by atoms with van der Waals surface area (Å²) in [7, 11) is 0. The molecule has 1 aromatic rings. The first-order chi connectivity index (χ1) is 9.24. The first-order valence-corrected chi connectivity index (χ1v) is 7.58. The molecule has 1 N–H and O–H groups in total. The minimum absolute atomic E-state index is 0.0170. The second-order valence-corrected chi connectivity index (χ2v) is 6.10. The van der Waals surface area contributed by atoms with Gasteiger partial charge >= 0.3 is 0 Å². The Morgan fingerprint density at radius 3 is 2.89 bits per heavy atom. The summed E-state index contributed by atoms with van der Waals surface area (Å²) in [5.74, 6) is 0.451. The zero-order valence-corrected chi connectivity index (χ0v) is 11.7. The van der Waals surface area contributed by atoms with Gasteiger partial charge in [0.1, 0.15) is 0 Å². The van der Waals surface area contributed by atoms with Gasteiger partial charge in [-0.1, -0.05) is 19.8 Å². The second-order valence-electron chi connectivity index (χ2n) is 6.10. The third-order valence-electron chi connectivity index (χ3n) is 4.60. The fraction of sp³-hybridized carbons (Fsp3) is 0.800. The lowest BCUT2D eigenvalue weighted by Crippen LogP contribution is -2.32. The zero-order chi connectivity index (χ0) is 13.2. The Morgan fingerprint density at radius 2 is 2.21 bits per heavy atom. The van der Waals surface area contributed by atoms with Gasteiger partial charge in [0.15, 0.2) is 0 Å². The molecule has 19 heavy (non-hydrogen) atoms. The molecule has 1 aromatic heterocycles. The van der Waals surface area contributed by atoms with Crippen molar-refractivity contribution >= 4 is 0 Å². The van der Waals surface area contributed by atoms with Crippen LogP contribution in [0.25, 0.3) is 0 Å². The number of aliphatic hydroxyl groups is 1. The van der Waals surface area contributed by atoms with Crippen LogP contribution >= 0.6 is 0 Å². The van der Waals surface area contributed by atoms with Crippen molar-refractivity contribution in [3.8, 4) is 0 Å². The van der Waals surface area contributed by atoms with Crippen molar-refractivity contribution in [2.24, 2.45) is 5.92 Å². The van der Waals surface area contributed by atoms with Crippen molar-refractivity contribution in [2.75, 3.05) is 6.61 Å². The molecule has 0 aromatic carbocycles. The van der Waals surface area contributed by atoms with Gasteiger partial charge in [-0.25, -0.2) is 0 Å². The monoisotopic (exact) mass is 264 g/mol. The maximum Gasteiger partial charge on any atom is 0.0864 e. The molecule has 1 aliphatic heterocycles. The number of nitrogens with zero attached hydrogens (tertiary/aromatic N) is 2. The van der Waals surface area contributed by atoms with E-state index in [1.54, 1.807) is 0 Å². The summed E-state index contributed by atoms with van der Waals surface area (Å²) in [5, 5.41) is 14.9. The van der Waals surface area contributed by atoms with Gasteiger partial charge in [-0.05, 0) is 31.2 Å². The van der Waals surface area contributed by atoms with E-state index >= 15 is 0 Å². The lowest BCUT2D eigenvalue weighted by atomic mass is 9.97. The molecule has 0 bridgehead atoms. The van der Waals surface area contributed by atoms with Crippen molar-refractivity contribution in [1.82, 2.24) is 9.78 Å². The van der Waals surface area contributed by atoms with Gasteiger partial charge < -0.3 is 9.84 Å². The number of aliphatic hydroxyl groups excluding tert-OH is 1. The first kappa shape index (κ1) is 13.1. The Balaban J connectivity index is 1.60. The number of aromatic nitrogens is 2. The molecule has 0 amide bonds. The molecule has 0 spiro atoms. The average molecular weight is 264 g/mol. The average Bonchev–Trinajstić information content (AvgIpc) is 3.07. The summed E-state index contributed by atoms with van der Waals surface area (Å²) in [6, 6.07) is 2.62. The highest BCUT2D eigenvalue weighted by atomic mass is 16.5. The van der Waals surface area contributed by atoms with Gasteiger partial charge in [0, 0.05) is 19.2 Å². The number of rotatable bonds is 4. The molecule has 1 saturated heterocycles. The van der Waals surface area contributed by atoms with E-state index < -0.39 is 6.10 Å². The third kappa shape index (κ3) is 2.84. The van der Waals surface area contributed by atoms with Gasteiger partial charge in [-0.3, -0.25) is 4.68 Å². The minimum atomic E-state index is -0.426. The first-order valence-electron chi connectivity index (χ1n) is 7.58. The molecular weight excluding hydrogens is 240 g/mol. The van der Waals surface area contributed by atoms with E-state index in [1.807, 2.05) is 6.07 Å². The van der Waals surface area contributed by atoms with Crippen molar-refractivity contribution in [1.29, 1.82) is 0 Å². The SMILES string of the molecule is CC1CCOC1C(O)Cc1ccn(C2CCCC2)n1. The predicted molar refractivity (Wildman–Crippen MR) is 73.0 cm³/mol. The van der Waals surface area contributed by atoms with Gasteiger partial charge in [0.2, 0.25) is 0 Å². The fourth-order valence-corrected chi connectivity index (χ4v) is 3.40. The van der Waals surface area contributed by atoms with Crippen LogP contribution in [0.1, 0.15) is 50.8 Å². The molecule has 2 heterocycles. The molecular formula is C15H24N2O2. The number of ether oxygens (including phenoxy) is 1. The molecule has 4 heteroatoms. The summed E-state index contributed by atoms with van der Waals surface area (Å²) in [6.45, 7) is 2.93. The third-order valence-corrected chi connectivity index (χ3v) is 4.60. The molecule has 3 rings (SSSR count). The van der Waals surface area contributed by atoms with Crippen LogP contribution in [0, 0.1) is 5.92 Å². The summed E-state index contributed by atoms with van der Waals surface area (Å²) in [5.41, 5.74) is 0.988. The van der Waals surface area contributed by atoms with Gasteiger partial charge in [0.25, 0.3) is 0 Å². The van der Waals surface area contributed by atoms with Gasteiger partial charge in [-0.2, -0.15) is 5.10 Å². The van der Waals surface area contributed by atoms with E-state index in [-0.39, 0.29) is 6.10 Å². The Morgan fingerprint density at radius 1 is 1.42 bits per heavy atom. The van der Waals surface area contributed by atoms with Gasteiger partial charge in [0.05, 0.1) is 23.9 Å². The molecule has 4 nitrogen and oxygen atoms in total. The number of hydrogen-bond donors (Lipinski definition) is 1. The van der Waals surface area contributed by atoms with Crippen LogP contribution in [-0.4, -0.2) is 33.7 Å². The van der Waals surface area contributed by atoms with E-state index in [1.165, 1.54) is 25.7 Å². The quantitative estimate of drug-likeness (QED) is 0.908. The predicted octanol–water partition coefficient (Wildman–Crippen LogP) is 2.33. The lowest BCUT2D eigenvalue weighted by Gasteiger charge is -2.20. The molecule has 1 aliphatic carbocycles. The second kappa shape index (κ2) is 5.63. The zero-order valence-electron chi connectivity index (χ0n) is 11.7. The normalized spacial score (nSPS) is 30.0. The smallest absolute Gasteiger partial charge is 0.0864 e. The van der Waals surface area contributed by atoms with Crippen LogP contribution in [0.3, 0.4) is 0 Å². The summed E-state index contributed by atoms with van der Waals surface area (Å²) in [4.78, 5) is 0. The molecule has 106 valence electrons. The Kier molecular flexibility index (Phi) is 3.89. The maximum atomic E-state index is 10.3. The molecule has 2 aliphatic rings. The van der Waals surface area contributed by atoms with Crippen molar-refractivity contribution in [3.63, 3.8) is 0 Å². The highest BCUT2D eigenvalue weighted by molar-refractivity contribution is 5.03. The molecule has 3 unspecified atom stereocenters. The lowest BCUT2D eigenvalue weighted by molar-refractivity contribution is -0.0162. The summed E-state index contributed by atoms with van der Waals surface area (Å²) < 4.78 is 7.71. The van der Waals surface area contributed by atoms with Crippen molar-refractivity contribution in [2.45, 2.75) is 63.7 Å². The molecule has 0 radical (unpaired) electrons. The largest absolute Gasteiger partial charge is 0.390 e. The summed E-state index contributed by atoms with van der Waals surface area (Å²) >= 11 is 0. The summed E-state index contributed by atoms with van der Waals surface area (Å²) in [6.07, 6.45) is 8.40. The van der Waals surface area contributed by atoms with E-state index in [0.717, 1.165) is 18.7 Å². The van der Waals surface area contributed by atoms with E-state index in [0.29, 0.717) is 18.4 Å². The Hall–Kier alpha value is -0.870. The molecule has 3 atom stereocenters. The van der Waals surface area contributed by atoms with Crippen LogP contribution in [0.15, 0.2) is 12.3 Å². The van der Waals surface area contributed by atoms with Gasteiger partial charge in [-0.15, -0.1) is 0 Å². The van der Waals surface area contributed by atoms with Crippen LogP contribution in [-0.2, 0) is 11.2 Å². The Labute approximate surface area is 114 Å². The van der Waals surface area contributed by atoms with Crippen LogP contribution in [0.2, 0.25) is 0 Å². The van der Waals surface area contributed by atoms with E-state index in [9.17, 15) is 5.11 Å². The van der Waals surface area contributed by atoms with Crippen molar-refractivity contribution < 1.29 is 9.84 Å². The standard InChI is InChI=1S/C15H24N2O2/c1-11-7-9-19-15(11)14(18)10-12-6-8-17(16-12)13-4-2-3-5-13/h6,8,11,13-15,18H,2-5,7,9-10H2,1H3. The van der Waals surface area contributed by atoms with E-state index in [2.05, 4.69) is 22.9 Å². The number of hydrogen-bond acceptors (Lipinski definition) is 3. The van der Waals surface area contributed by atoms with Crippen LogP contribution < -0.4 is 0 Å². The van der Waals surface area contributed by atoms with E-state index in [4.69, 9.17) is 4.74 Å².